The molecule has 1 amide bonds. The molecule has 1 aliphatic rings. The highest BCUT2D eigenvalue weighted by Gasteiger charge is 2.28. The fourth-order valence-electron chi connectivity index (χ4n) is 1.41. The van der Waals surface area contributed by atoms with E-state index in [4.69, 9.17) is 5.11 Å². The van der Waals surface area contributed by atoms with Gasteiger partial charge in [0.2, 0.25) is 5.91 Å². The molecule has 1 rings (SSSR count). The van der Waals surface area contributed by atoms with Gasteiger partial charge in [-0.3, -0.25) is 4.79 Å². The minimum absolute atomic E-state index is 0.0203. The molecule has 13 heavy (non-hydrogen) atoms. The van der Waals surface area contributed by atoms with Crippen molar-refractivity contribution in [3.8, 4) is 0 Å². The second-order valence-electron chi connectivity index (χ2n) is 3.87. The van der Waals surface area contributed by atoms with Crippen LogP contribution in [-0.2, 0) is 4.79 Å². The van der Waals surface area contributed by atoms with Gasteiger partial charge in [-0.15, -0.1) is 0 Å². The van der Waals surface area contributed by atoms with Gasteiger partial charge in [-0.1, -0.05) is 6.92 Å². The summed E-state index contributed by atoms with van der Waals surface area (Å²) in [6, 6.07) is -0.0203. The summed E-state index contributed by atoms with van der Waals surface area (Å²) >= 11 is 0. The first kappa shape index (κ1) is 10.5. The molecule has 1 saturated carbocycles. The summed E-state index contributed by atoms with van der Waals surface area (Å²) in [6.45, 7) is 4.68. The average molecular weight is 185 g/mol. The number of amides is 1. The zero-order valence-corrected chi connectivity index (χ0v) is 8.49. The normalized spacial score (nSPS) is 18.4. The van der Waals surface area contributed by atoms with Crippen LogP contribution in [0.5, 0.6) is 0 Å². The van der Waals surface area contributed by atoms with Crippen molar-refractivity contribution in [3.63, 3.8) is 0 Å². The maximum absolute atomic E-state index is 11.5. The number of aliphatic hydroxyl groups excluding tert-OH is 1. The fourth-order valence-corrected chi connectivity index (χ4v) is 1.41. The Labute approximate surface area is 79.7 Å². The van der Waals surface area contributed by atoms with Crippen LogP contribution in [0.25, 0.3) is 0 Å². The Balaban J connectivity index is 2.45. The van der Waals surface area contributed by atoms with E-state index >= 15 is 0 Å². The van der Waals surface area contributed by atoms with Crippen molar-refractivity contribution in [2.45, 2.75) is 39.2 Å². The molecule has 3 heteroatoms. The number of aliphatic hydroxyl groups is 1. The Kier molecular flexibility index (Phi) is 3.72. The minimum Gasteiger partial charge on any atom is -0.394 e. The maximum Gasteiger partial charge on any atom is 0.222 e. The van der Waals surface area contributed by atoms with Crippen LogP contribution < -0.4 is 0 Å². The van der Waals surface area contributed by atoms with E-state index in [0.717, 1.165) is 6.54 Å². The summed E-state index contributed by atoms with van der Waals surface area (Å²) < 4.78 is 0. The smallest absolute Gasteiger partial charge is 0.222 e. The fraction of sp³-hybridized carbons (Fsp3) is 0.900. The third-order valence-electron chi connectivity index (χ3n) is 2.57. The van der Waals surface area contributed by atoms with Crippen LogP contribution in [-0.4, -0.2) is 35.1 Å². The van der Waals surface area contributed by atoms with Crippen molar-refractivity contribution < 1.29 is 9.90 Å². The first-order valence-corrected chi connectivity index (χ1v) is 5.09. The van der Waals surface area contributed by atoms with Gasteiger partial charge in [-0.05, 0) is 25.7 Å². The third kappa shape index (κ3) is 2.99. The Morgan fingerprint density at radius 3 is 2.62 bits per heavy atom. The van der Waals surface area contributed by atoms with Gasteiger partial charge in [0, 0.05) is 13.0 Å². The van der Waals surface area contributed by atoms with E-state index in [1.807, 2.05) is 18.7 Å². The van der Waals surface area contributed by atoms with E-state index in [9.17, 15) is 4.79 Å². The van der Waals surface area contributed by atoms with Crippen molar-refractivity contribution in [1.29, 1.82) is 0 Å². The molecule has 1 fully saturated rings. The zero-order valence-electron chi connectivity index (χ0n) is 8.49. The lowest BCUT2D eigenvalue weighted by Crippen LogP contribution is -2.41. The lowest BCUT2D eigenvalue weighted by Gasteiger charge is -2.27. The molecule has 0 bridgehead atoms. The molecule has 1 N–H and O–H groups in total. The predicted octanol–water partition coefficient (Wildman–Crippen LogP) is 1.02. The van der Waals surface area contributed by atoms with Crippen molar-refractivity contribution in [3.05, 3.63) is 0 Å². The van der Waals surface area contributed by atoms with Gasteiger partial charge < -0.3 is 10.0 Å². The van der Waals surface area contributed by atoms with Crippen LogP contribution in [0.4, 0.5) is 0 Å². The minimum atomic E-state index is -0.0203. The Morgan fingerprint density at radius 1 is 1.62 bits per heavy atom. The number of hydrogen-bond acceptors (Lipinski definition) is 2. The summed E-state index contributed by atoms with van der Waals surface area (Å²) in [5.74, 6) is 0.859. The van der Waals surface area contributed by atoms with Gasteiger partial charge in [-0.2, -0.15) is 0 Å². The molecule has 0 spiro atoms. The Bertz CT molecular complexity index is 178. The first-order valence-electron chi connectivity index (χ1n) is 5.09. The topological polar surface area (TPSA) is 40.5 Å². The number of rotatable bonds is 5. The second kappa shape index (κ2) is 4.61. The number of carbonyl (C=O) groups is 1. The molecule has 0 aromatic heterocycles. The first-order chi connectivity index (χ1) is 6.19. The second-order valence-corrected chi connectivity index (χ2v) is 3.87. The van der Waals surface area contributed by atoms with Gasteiger partial charge in [0.1, 0.15) is 0 Å². The van der Waals surface area contributed by atoms with E-state index in [0.29, 0.717) is 12.3 Å². The maximum atomic E-state index is 11.5. The van der Waals surface area contributed by atoms with Crippen molar-refractivity contribution in [2.24, 2.45) is 5.92 Å². The molecule has 1 aliphatic carbocycles. The molecule has 0 aromatic carbocycles. The summed E-state index contributed by atoms with van der Waals surface area (Å²) in [6.07, 6.45) is 3.02. The van der Waals surface area contributed by atoms with Crippen LogP contribution >= 0.6 is 0 Å². The SMILES string of the molecule is CCC(=O)N(CC1CC1)[C@H](C)CO. The highest BCUT2D eigenvalue weighted by atomic mass is 16.3. The summed E-state index contributed by atoms with van der Waals surface area (Å²) in [5, 5.41) is 8.99. The van der Waals surface area contributed by atoms with E-state index < -0.39 is 0 Å². The van der Waals surface area contributed by atoms with Gasteiger partial charge in [0.15, 0.2) is 0 Å². The highest BCUT2D eigenvalue weighted by Crippen LogP contribution is 2.30. The highest BCUT2D eigenvalue weighted by molar-refractivity contribution is 5.76. The van der Waals surface area contributed by atoms with Gasteiger partial charge in [0.05, 0.1) is 12.6 Å². The number of nitrogens with zero attached hydrogens (tertiary/aromatic N) is 1. The van der Waals surface area contributed by atoms with Crippen molar-refractivity contribution in [2.75, 3.05) is 13.2 Å². The largest absolute Gasteiger partial charge is 0.394 e. The molecule has 0 heterocycles. The molecule has 0 radical (unpaired) electrons. The quantitative estimate of drug-likeness (QED) is 0.694. The van der Waals surface area contributed by atoms with Gasteiger partial charge in [-0.25, -0.2) is 0 Å². The van der Waals surface area contributed by atoms with Crippen molar-refractivity contribution in [1.82, 2.24) is 4.90 Å². The lowest BCUT2D eigenvalue weighted by atomic mass is 10.2. The number of hydrogen-bond donors (Lipinski definition) is 1. The summed E-state index contributed by atoms with van der Waals surface area (Å²) in [4.78, 5) is 13.3. The molecule has 76 valence electrons. The average Bonchev–Trinajstić information content (AvgIpc) is 2.95. The Hall–Kier alpha value is -0.570. The molecule has 1 atom stereocenters. The predicted molar refractivity (Wildman–Crippen MR) is 51.3 cm³/mol. The number of carbonyl (C=O) groups excluding carboxylic acids is 1. The van der Waals surface area contributed by atoms with Gasteiger partial charge in [0.25, 0.3) is 0 Å². The van der Waals surface area contributed by atoms with Crippen LogP contribution in [0.15, 0.2) is 0 Å². The standard InChI is InChI=1S/C10H19NO2/c1-3-10(13)11(8(2)7-12)6-9-4-5-9/h8-9,12H,3-7H2,1-2H3/t8-/m1/s1. The van der Waals surface area contributed by atoms with E-state index in [1.165, 1.54) is 12.8 Å². The van der Waals surface area contributed by atoms with Crippen molar-refractivity contribution >= 4 is 5.91 Å². The van der Waals surface area contributed by atoms with E-state index in [-0.39, 0.29) is 18.6 Å². The van der Waals surface area contributed by atoms with Crippen LogP contribution in [0.3, 0.4) is 0 Å². The molecule has 0 aliphatic heterocycles. The summed E-state index contributed by atoms with van der Waals surface area (Å²) in [7, 11) is 0. The molecule has 0 unspecified atom stereocenters. The molecular formula is C10H19NO2. The lowest BCUT2D eigenvalue weighted by molar-refractivity contribution is -0.134. The van der Waals surface area contributed by atoms with Crippen LogP contribution in [0.1, 0.15) is 33.1 Å². The molecular weight excluding hydrogens is 166 g/mol. The molecule has 0 aromatic rings. The van der Waals surface area contributed by atoms with Crippen LogP contribution in [0, 0.1) is 5.92 Å². The van der Waals surface area contributed by atoms with Gasteiger partial charge >= 0.3 is 0 Å². The zero-order chi connectivity index (χ0) is 9.84. The molecule has 0 saturated heterocycles. The monoisotopic (exact) mass is 185 g/mol. The third-order valence-corrected chi connectivity index (χ3v) is 2.57. The van der Waals surface area contributed by atoms with E-state index in [2.05, 4.69) is 0 Å². The molecule has 3 nitrogen and oxygen atoms in total. The van der Waals surface area contributed by atoms with E-state index in [1.54, 1.807) is 0 Å². The Morgan fingerprint density at radius 2 is 2.23 bits per heavy atom. The summed E-state index contributed by atoms with van der Waals surface area (Å²) in [5.41, 5.74) is 0. The van der Waals surface area contributed by atoms with Crippen LogP contribution in [0.2, 0.25) is 0 Å².